The largest absolute Gasteiger partial charge is 0.379 e. The summed E-state index contributed by atoms with van der Waals surface area (Å²) in [6.07, 6.45) is 2.24. The summed E-state index contributed by atoms with van der Waals surface area (Å²) >= 11 is 0. The molecule has 94 valence electrons. The van der Waals surface area contributed by atoms with Gasteiger partial charge in [0.05, 0.1) is 18.6 Å². The zero-order chi connectivity index (χ0) is 12.4. The summed E-state index contributed by atoms with van der Waals surface area (Å²) < 4.78 is 5.54. The quantitative estimate of drug-likeness (QED) is 0.848. The molecule has 1 aromatic heterocycles. The molecule has 1 aliphatic carbocycles. The highest BCUT2D eigenvalue weighted by Crippen LogP contribution is 2.55. The van der Waals surface area contributed by atoms with Crippen molar-refractivity contribution >= 4 is 10.9 Å². The van der Waals surface area contributed by atoms with Crippen LogP contribution < -0.4 is 5.73 Å². The SMILES string of the molecule is Cc1[nH]c2ccccc2c1C1(C2(N)CC2)COC1. The van der Waals surface area contributed by atoms with Crippen molar-refractivity contribution in [3.05, 3.63) is 35.5 Å². The van der Waals surface area contributed by atoms with E-state index in [0.29, 0.717) is 0 Å². The van der Waals surface area contributed by atoms with Gasteiger partial charge in [0.1, 0.15) is 0 Å². The van der Waals surface area contributed by atoms with E-state index in [9.17, 15) is 0 Å². The molecule has 3 N–H and O–H groups in total. The average molecular weight is 242 g/mol. The lowest BCUT2D eigenvalue weighted by molar-refractivity contribution is -0.0781. The van der Waals surface area contributed by atoms with Crippen LogP contribution in [0.1, 0.15) is 24.1 Å². The van der Waals surface area contributed by atoms with E-state index in [1.165, 1.54) is 22.2 Å². The van der Waals surface area contributed by atoms with Crippen molar-refractivity contribution in [2.75, 3.05) is 13.2 Å². The molecule has 2 fully saturated rings. The van der Waals surface area contributed by atoms with E-state index >= 15 is 0 Å². The number of rotatable bonds is 2. The first-order valence-electron chi connectivity index (χ1n) is 6.61. The fraction of sp³-hybridized carbons (Fsp3) is 0.467. The number of aromatic amines is 1. The maximum absolute atomic E-state index is 6.54. The van der Waals surface area contributed by atoms with Crippen molar-refractivity contribution in [1.82, 2.24) is 4.98 Å². The van der Waals surface area contributed by atoms with E-state index in [-0.39, 0.29) is 11.0 Å². The van der Waals surface area contributed by atoms with Gasteiger partial charge in [0.25, 0.3) is 0 Å². The molecule has 0 atom stereocenters. The van der Waals surface area contributed by atoms with Gasteiger partial charge in [0.2, 0.25) is 0 Å². The number of ether oxygens (including phenoxy) is 1. The number of aryl methyl sites for hydroxylation is 1. The van der Waals surface area contributed by atoms with Crippen LogP contribution in [-0.2, 0) is 10.2 Å². The second-order valence-corrected chi connectivity index (χ2v) is 5.90. The van der Waals surface area contributed by atoms with E-state index in [1.807, 2.05) is 0 Å². The lowest BCUT2D eigenvalue weighted by Gasteiger charge is -2.47. The smallest absolute Gasteiger partial charge is 0.0623 e. The summed E-state index contributed by atoms with van der Waals surface area (Å²) in [4.78, 5) is 3.49. The van der Waals surface area contributed by atoms with Gasteiger partial charge in [-0.2, -0.15) is 0 Å². The predicted octanol–water partition coefficient (Wildman–Crippen LogP) is 2.24. The van der Waals surface area contributed by atoms with Gasteiger partial charge in [0, 0.05) is 22.1 Å². The summed E-state index contributed by atoms with van der Waals surface area (Å²) in [5.41, 5.74) is 10.4. The van der Waals surface area contributed by atoms with Gasteiger partial charge < -0.3 is 15.5 Å². The number of benzene rings is 1. The number of hydrogen-bond acceptors (Lipinski definition) is 2. The predicted molar refractivity (Wildman–Crippen MR) is 71.7 cm³/mol. The minimum atomic E-state index is -0.0407. The number of nitrogens with one attached hydrogen (secondary N) is 1. The number of hydrogen-bond donors (Lipinski definition) is 2. The Morgan fingerprint density at radius 2 is 1.94 bits per heavy atom. The maximum Gasteiger partial charge on any atom is 0.0623 e. The fourth-order valence-electron chi connectivity index (χ4n) is 3.49. The Morgan fingerprint density at radius 1 is 1.22 bits per heavy atom. The molecule has 0 spiro atoms. The summed E-state index contributed by atoms with van der Waals surface area (Å²) in [7, 11) is 0. The third kappa shape index (κ3) is 1.11. The van der Waals surface area contributed by atoms with Crippen LogP contribution in [0.15, 0.2) is 24.3 Å². The molecule has 3 nitrogen and oxygen atoms in total. The van der Waals surface area contributed by atoms with Crippen LogP contribution in [-0.4, -0.2) is 23.7 Å². The molecule has 2 aliphatic rings. The van der Waals surface area contributed by atoms with Gasteiger partial charge >= 0.3 is 0 Å². The summed E-state index contributed by atoms with van der Waals surface area (Å²) in [5.74, 6) is 0. The van der Waals surface area contributed by atoms with Gasteiger partial charge in [-0.3, -0.25) is 0 Å². The van der Waals surface area contributed by atoms with Gasteiger partial charge in [0.15, 0.2) is 0 Å². The lowest BCUT2D eigenvalue weighted by atomic mass is 9.69. The van der Waals surface area contributed by atoms with E-state index in [1.54, 1.807) is 0 Å². The number of para-hydroxylation sites is 1. The van der Waals surface area contributed by atoms with E-state index in [0.717, 1.165) is 26.1 Å². The van der Waals surface area contributed by atoms with Crippen LogP contribution in [0, 0.1) is 6.92 Å². The summed E-state index contributed by atoms with van der Waals surface area (Å²) in [5, 5.41) is 1.31. The third-order valence-electron chi connectivity index (χ3n) is 4.81. The second kappa shape index (κ2) is 3.16. The molecule has 4 rings (SSSR count). The van der Waals surface area contributed by atoms with Crippen molar-refractivity contribution in [3.8, 4) is 0 Å². The Balaban J connectivity index is 1.99. The van der Waals surface area contributed by atoms with Crippen molar-refractivity contribution < 1.29 is 4.74 Å². The molecular weight excluding hydrogens is 224 g/mol. The monoisotopic (exact) mass is 242 g/mol. The first-order valence-corrected chi connectivity index (χ1v) is 6.61. The zero-order valence-electron chi connectivity index (χ0n) is 10.6. The normalized spacial score (nSPS) is 23.9. The molecule has 2 aromatic rings. The van der Waals surface area contributed by atoms with Gasteiger partial charge in [-0.25, -0.2) is 0 Å². The molecule has 1 aliphatic heterocycles. The van der Waals surface area contributed by atoms with Crippen molar-refractivity contribution in [2.24, 2.45) is 5.73 Å². The van der Waals surface area contributed by atoms with Gasteiger partial charge in [-0.15, -0.1) is 0 Å². The van der Waals surface area contributed by atoms with Crippen LogP contribution in [0.25, 0.3) is 10.9 Å². The zero-order valence-corrected chi connectivity index (χ0v) is 10.6. The molecule has 1 saturated carbocycles. The van der Waals surface area contributed by atoms with Crippen molar-refractivity contribution in [2.45, 2.75) is 30.7 Å². The Labute approximate surface area is 106 Å². The highest BCUT2D eigenvalue weighted by molar-refractivity contribution is 5.86. The third-order valence-corrected chi connectivity index (χ3v) is 4.81. The van der Waals surface area contributed by atoms with Crippen LogP contribution in [0.2, 0.25) is 0 Å². The molecule has 1 saturated heterocycles. The van der Waals surface area contributed by atoms with E-state index in [2.05, 4.69) is 36.2 Å². The highest BCUT2D eigenvalue weighted by Gasteiger charge is 2.62. The van der Waals surface area contributed by atoms with Crippen LogP contribution in [0.4, 0.5) is 0 Å². The van der Waals surface area contributed by atoms with Crippen LogP contribution in [0.3, 0.4) is 0 Å². The number of H-pyrrole nitrogens is 1. The summed E-state index contributed by atoms with van der Waals surface area (Å²) in [6.45, 7) is 3.69. The fourth-order valence-corrected chi connectivity index (χ4v) is 3.49. The Hall–Kier alpha value is -1.32. The molecular formula is C15H18N2O. The van der Waals surface area contributed by atoms with Gasteiger partial charge in [-0.1, -0.05) is 18.2 Å². The van der Waals surface area contributed by atoms with E-state index < -0.39 is 0 Å². The minimum Gasteiger partial charge on any atom is -0.379 e. The molecule has 0 amide bonds. The number of fused-ring (bicyclic) bond motifs is 1. The van der Waals surface area contributed by atoms with Gasteiger partial charge in [-0.05, 0) is 31.4 Å². The first kappa shape index (κ1) is 10.6. The Kier molecular flexibility index (Phi) is 1.86. The minimum absolute atomic E-state index is 0.0384. The molecule has 18 heavy (non-hydrogen) atoms. The number of aromatic nitrogens is 1. The standard InChI is InChI=1S/C15H18N2O/c1-10-13(11-4-2-3-5-12(11)17-10)14(8-18-9-14)15(16)6-7-15/h2-5,17H,6-9,16H2,1H3. The molecule has 3 heteroatoms. The lowest BCUT2D eigenvalue weighted by Crippen LogP contribution is -2.60. The Morgan fingerprint density at radius 3 is 2.56 bits per heavy atom. The molecule has 2 heterocycles. The molecule has 1 aromatic carbocycles. The molecule has 0 unspecified atom stereocenters. The van der Waals surface area contributed by atoms with Crippen LogP contribution in [0.5, 0.6) is 0 Å². The first-order chi connectivity index (χ1) is 8.66. The van der Waals surface area contributed by atoms with Crippen molar-refractivity contribution in [3.63, 3.8) is 0 Å². The van der Waals surface area contributed by atoms with Crippen molar-refractivity contribution in [1.29, 1.82) is 0 Å². The highest BCUT2D eigenvalue weighted by atomic mass is 16.5. The molecule has 0 radical (unpaired) electrons. The topological polar surface area (TPSA) is 51.0 Å². The van der Waals surface area contributed by atoms with E-state index in [4.69, 9.17) is 10.5 Å². The second-order valence-electron chi connectivity index (χ2n) is 5.90. The summed E-state index contributed by atoms with van der Waals surface area (Å²) in [6, 6.07) is 8.50. The number of nitrogens with two attached hydrogens (primary N) is 1. The Bertz CT molecular complexity index is 620. The maximum atomic E-state index is 6.54. The molecule has 0 bridgehead atoms. The van der Waals surface area contributed by atoms with Crippen LogP contribution >= 0.6 is 0 Å². The average Bonchev–Trinajstić information content (AvgIpc) is 2.94.